The highest BCUT2D eigenvalue weighted by atomic mass is 79.9. The van der Waals surface area contributed by atoms with Gasteiger partial charge in [0.2, 0.25) is 0 Å². The molecule has 4 nitrogen and oxygen atoms in total. The Morgan fingerprint density at radius 3 is 2.73 bits per heavy atom. The van der Waals surface area contributed by atoms with Gasteiger partial charge in [-0.15, -0.1) is 0 Å². The third kappa shape index (κ3) is 1.61. The monoisotopic (exact) mass is 269 g/mol. The molecule has 0 spiro atoms. The number of hydrogen-bond acceptors (Lipinski definition) is 2. The van der Waals surface area contributed by atoms with Crippen LogP contribution in [0.4, 0.5) is 0 Å². The number of hydrogen-bond donors (Lipinski definition) is 1. The van der Waals surface area contributed by atoms with Crippen LogP contribution < -0.4 is 5.56 Å². The molecule has 0 aliphatic heterocycles. The second-order valence-electron chi connectivity index (χ2n) is 4.49. The Morgan fingerprint density at radius 1 is 1.47 bits per heavy atom. The number of H-pyrrole nitrogens is 1. The Morgan fingerprint density at radius 2 is 2.13 bits per heavy atom. The standard InChI is InChI=1S/C10H12BrN3O/c1-10(2,3)6-4-5-12-8-7(11)9(15)13-14(6)8/h4-5H,1-3H3,(H,13,15). The van der Waals surface area contributed by atoms with E-state index >= 15 is 0 Å². The van der Waals surface area contributed by atoms with E-state index in [1.165, 1.54) is 0 Å². The number of nitrogens with one attached hydrogen (secondary N) is 1. The molecule has 0 atom stereocenters. The van der Waals surface area contributed by atoms with Crippen LogP contribution in [0, 0.1) is 0 Å². The first-order valence-electron chi connectivity index (χ1n) is 4.67. The lowest BCUT2D eigenvalue weighted by molar-refractivity contribution is 0.545. The van der Waals surface area contributed by atoms with Gasteiger partial charge in [0.05, 0.1) is 0 Å². The fraction of sp³-hybridized carbons (Fsp3) is 0.400. The highest BCUT2D eigenvalue weighted by Gasteiger charge is 2.19. The summed E-state index contributed by atoms with van der Waals surface area (Å²) in [6.07, 6.45) is 1.72. The third-order valence-electron chi connectivity index (χ3n) is 2.26. The van der Waals surface area contributed by atoms with Crippen molar-refractivity contribution in [3.05, 3.63) is 32.8 Å². The number of aromatic amines is 1. The number of rotatable bonds is 0. The average molecular weight is 270 g/mol. The minimum Gasteiger partial charge on any atom is -0.267 e. The summed E-state index contributed by atoms with van der Waals surface area (Å²) >= 11 is 3.22. The molecule has 0 fully saturated rings. The maximum absolute atomic E-state index is 11.5. The van der Waals surface area contributed by atoms with Crippen molar-refractivity contribution < 1.29 is 0 Å². The molecule has 0 saturated heterocycles. The molecule has 2 aromatic heterocycles. The highest BCUT2D eigenvalue weighted by molar-refractivity contribution is 9.10. The molecule has 2 heterocycles. The minimum absolute atomic E-state index is 0.0391. The third-order valence-corrected chi connectivity index (χ3v) is 2.97. The summed E-state index contributed by atoms with van der Waals surface area (Å²) in [6, 6.07) is 1.91. The van der Waals surface area contributed by atoms with E-state index in [1.807, 2.05) is 6.07 Å². The Balaban J connectivity index is 2.89. The first kappa shape index (κ1) is 10.4. The highest BCUT2D eigenvalue weighted by Crippen LogP contribution is 2.23. The van der Waals surface area contributed by atoms with Gasteiger partial charge in [-0.25, -0.2) is 9.50 Å². The molecule has 0 saturated carbocycles. The first-order valence-corrected chi connectivity index (χ1v) is 5.46. The predicted octanol–water partition coefficient (Wildman–Crippen LogP) is 2.08. The van der Waals surface area contributed by atoms with Crippen LogP contribution >= 0.6 is 15.9 Å². The molecule has 2 rings (SSSR count). The van der Waals surface area contributed by atoms with Crippen molar-refractivity contribution in [1.82, 2.24) is 14.6 Å². The topological polar surface area (TPSA) is 50.2 Å². The summed E-state index contributed by atoms with van der Waals surface area (Å²) in [5.41, 5.74) is 1.46. The molecule has 80 valence electrons. The number of fused-ring (bicyclic) bond motifs is 1. The fourth-order valence-corrected chi connectivity index (χ4v) is 1.90. The van der Waals surface area contributed by atoms with E-state index in [-0.39, 0.29) is 11.0 Å². The summed E-state index contributed by atoms with van der Waals surface area (Å²) in [5, 5.41) is 2.75. The van der Waals surface area contributed by atoms with Crippen molar-refractivity contribution in [2.24, 2.45) is 0 Å². The molecule has 0 aliphatic rings. The van der Waals surface area contributed by atoms with Crippen molar-refractivity contribution >= 4 is 21.6 Å². The van der Waals surface area contributed by atoms with Gasteiger partial charge in [-0.2, -0.15) is 0 Å². The molecule has 0 aliphatic carbocycles. The molecule has 0 radical (unpaired) electrons. The lowest BCUT2D eigenvalue weighted by atomic mass is 9.92. The second-order valence-corrected chi connectivity index (χ2v) is 5.29. The van der Waals surface area contributed by atoms with E-state index in [2.05, 4.69) is 46.8 Å². The van der Waals surface area contributed by atoms with Gasteiger partial charge in [0.25, 0.3) is 5.56 Å². The van der Waals surface area contributed by atoms with E-state index < -0.39 is 0 Å². The zero-order valence-electron chi connectivity index (χ0n) is 8.84. The molecule has 0 unspecified atom stereocenters. The van der Waals surface area contributed by atoms with E-state index in [0.29, 0.717) is 10.1 Å². The van der Waals surface area contributed by atoms with Crippen LogP contribution in [0.1, 0.15) is 26.5 Å². The fourth-order valence-electron chi connectivity index (χ4n) is 1.53. The van der Waals surface area contributed by atoms with E-state index in [1.54, 1.807) is 10.7 Å². The van der Waals surface area contributed by atoms with E-state index in [0.717, 1.165) is 5.69 Å². The van der Waals surface area contributed by atoms with Gasteiger partial charge in [0.15, 0.2) is 5.65 Å². The Labute approximate surface area is 95.4 Å². The molecule has 1 N–H and O–H groups in total. The molecule has 15 heavy (non-hydrogen) atoms. The van der Waals surface area contributed by atoms with Crippen molar-refractivity contribution in [3.63, 3.8) is 0 Å². The van der Waals surface area contributed by atoms with Crippen molar-refractivity contribution in [2.45, 2.75) is 26.2 Å². The van der Waals surface area contributed by atoms with Crippen LogP contribution in [0.2, 0.25) is 0 Å². The van der Waals surface area contributed by atoms with Gasteiger partial charge in [-0.3, -0.25) is 9.89 Å². The molecule has 2 aromatic rings. The number of aromatic nitrogens is 3. The summed E-state index contributed by atoms with van der Waals surface area (Å²) in [7, 11) is 0. The zero-order chi connectivity index (χ0) is 11.2. The van der Waals surface area contributed by atoms with Crippen molar-refractivity contribution in [1.29, 1.82) is 0 Å². The van der Waals surface area contributed by atoms with Gasteiger partial charge >= 0.3 is 0 Å². The van der Waals surface area contributed by atoms with Crippen LogP contribution in [-0.2, 0) is 5.41 Å². The smallest absolute Gasteiger partial charge is 0.267 e. The molecule has 0 aromatic carbocycles. The molecular formula is C10H12BrN3O. The quantitative estimate of drug-likeness (QED) is 0.796. The maximum atomic E-state index is 11.5. The van der Waals surface area contributed by atoms with Gasteiger partial charge in [0, 0.05) is 17.3 Å². The van der Waals surface area contributed by atoms with Gasteiger partial charge in [-0.1, -0.05) is 20.8 Å². The average Bonchev–Trinajstić information content (AvgIpc) is 2.41. The van der Waals surface area contributed by atoms with Crippen LogP contribution in [0.15, 0.2) is 21.5 Å². The summed E-state index contributed by atoms with van der Waals surface area (Å²) < 4.78 is 2.21. The van der Waals surface area contributed by atoms with Gasteiger partial charge in [0.1, 0.15) is 4.47 Å². The Kier molecular flexibility index (Phi) is 2.22. The van der Waals surface area contributed by atoms with Crippen molar-refractivity contribution in [3.8, 4) is 0 Å². The number of halogens is 1. The normalized spacial score (nSPS) is 12.3. The summed E-state index contributed by atoms with van der Waals surface area (Å²) in [6.45, 7) is 6.27. The van der Waals surface area contributed by atoms with Crippen LogP contribution in [0.5, 0.6) is 0 Å². The van der Waals surface area contributed by atoms with E-state index in [9.17, 15) is 4.79 Å². The maximum Gasteiger partial charge on any atom is 0.281 e. The number of nitrogens with zero attached hydrogens (tertiary/aromatic N) is 2. The van der Waals surface area contributed by atoms with Crippen molar-refractivity contribution in [2.75, 3.05) is 0 Å². The summed E-state index contributed by atoms with van der Waals surface area (Å²) in [5.74, 6) is 0. The lowest BCUT2D eigenvalue weighted by Crippen LogP contribution is -2.18. The molecular weight excluding hydrogens is 258 g/mol. The van der Waals surface area contributed by atoms with Crippen LogP contribution in [0.25, 0.3) is 5.65 Å². The van der Waals surface area contributed by atoms with Gasteiger partial charge in [-0.05, 0) is 22.0 Å². The largest absolute Gasteiger partial charge is 0.281 e. The molecule has 5 heteroatoms. The SMILES string of the molecule is CC(C)(C)c1ccnc2c(Br)c(=O)[nH]n12. The summed E-state index contributed by atoms with van der Waals surface area (Å²) in [4.78, 5) is 15.6. The second kappa shape index (κ2) is 3.20. The predicted molar refractivity (Wildman–Crippen MR) is 62.2 cm³/mol. The Bertz CT molecular complexity index is 562. The van der Waals surface area contributed by atoms with Crippen LogP contribution in [-0.4, -0.2) is 14.6 Å². The Hall–Kier alpha value is -1.10. The van der Waals surface area contributed by atoms with Gasteiger partial charge < -0.3 is 0 Å². The lowest BCUT2D eigenvalue weighted by Gasteiger charge is -2.19. The minimum atomic E-state index is -0.154. The van der Waals surface area contributed by atoms with Crippen LogP contribution in [0.3, 0.4) is 0 Å². The zero-order valence-corrected chi connectivity index (χ0v) is 10.4. The first-order chi connectivity index (χ1) is 6.91. The molecule has 0 bridgehead atoms. The molecule has 0 amide bonds. The van der Waals surface area contributed by atoms with E-state index in [4.69, 9.17) is 0 Å².